The second kappa shape index (κ2) is 11.6. The molecule has 0 aliphatic heterocycles. The number of allylic oxidation sites excluding steroid dienone is 5. The van der Waals surface area contributed by atoms with E-state index in [2.05, 4.69) is 161 Å². The van der Waals surface area contributed by atoms with E-state index in [-0.39, 0.29) is 0 Å². The zero-order valence-electron chi connectivity index (χ0n) is 25.4. The molecule has 0 N–H and O–H groups in total. The van der Waals surface area contributed by atoms with Gasteiger partial charge in [-0.05, 0) is 106 Å². The Labute approximate surface area is 263 Å². The first-order valence-electron chi connectivity index (χ1n) is 15.2. The molecule has 0 fully saturated rings. The highest BCUT2D eigenvalue weighted by Crippen LogP contribution is 2.48. The van der Waals surface area contributed by atoms with E-state index in [0.717, 1.165) is 5.56 Å². The van der Waals surface area contributed by atoms with E-state index in [1.54, 1.807) is 0 Å². The van der Waals surface area contributed by atoms with Crippen LogP contribution >= 0.6 is 11.3 Å². The summed E-state index contributed by atoms with van der Waals surface area (Å²) in [5.74, 6) is 0. The highest BCUT2D eigenvalue weighted by Gasteiger charge is 2.21. The number of hydrogen-bond donors (Lipinski definition) is 0. The van der Waals surface area contributed by atoms with Crippen LogP contribution < -0.4 is 0 Å². The van der Waals surface area contributed by atoms with Crippen LogP contribution in [0.5, 0.6) is 0 Å². The Morgan fingerprint density at radius 2 is 1.30 bits per heavy atom. The van der Waals surface area contributed by atoms with Crippen LogP contribution in [0.1, 0.15) is 37.5 Å². The third-order valence-electron chi connectivity index (χ3n) is 8.60. The highest BCUT2D eigenvalue weighted by molar-refractivity contribution is 7.26. The first-order chi connectivity index (χ1) is 21.6. The van der Waals surface area contributed by atoms with Crippen LogP contribution in [0.2, 0.25) is 0 Å². The van der Waals surface area contributed by atoms with Gasteiger partial charge in [0.05, 0.1) is 0 Å². The predicted molar refractivity (Wildman–Crippen MR) is 198 cm³/mol. The maximum Gasteiger partial charge on any atom is 0.0446 e. The van der Waals surface area contributed by atoms with Crippen molar-refractivity contribution in [2.24, 2.45) is 0 Å². The second-order valence-electron chi connectivity index (χ2n) is 11.2. The maximum atomic E-state index is 3.99. The van der Waals surface area contributed by atoms with Crippen LogP contribution in [0.15, 0.2) is 134 Å². The zero-order chi connectivity index (χ0) is 30.2. The fourth-order valence-corrected chi connectivity index (χ4v) is 7.87. The average molecular weight is 583 g/mol. The number of fused-ring (bicyclic) bond motifs is 6. The maximum absolute atomic E-state index is 3.99. The van der Waals surface area contributed by atoms with Gasteiger partial charge >= 0.3 is 0 Å². The molecule has 0 amide bonds. The summed E-state index contributed by atoms with van der Waals surface area (Å²) in [6, 6.07) is 38.2. The third kappa shape index (κ3) is 4.61. The van der Waals surface area contributed by atoms with Crippen LogP contribution in [0, 0.1) is 0 Å². The van der Waals surface area contributed by atoms with Crippen LogP contribution in [0.25, 0.3) is 81.7 Å². The van der Waals surface area contributed by atoms with Gasteiger partial charge < -0.3 is 0 Å². The molecule has 0 nitrogen and oxygen atoms in total. The molecule has 6 aromatic carbocycles. The van der Waals surface area contributed by atoms with Crippen molar-refractivity contribution in [3.05, 3.63) is 151 Å². The van der Waals surface area contributed by atoms with Gasteiger partial charge in [-0.1, -0.05) is 122 Å². The molecule has 0 unspecified atom stereocenters. The van der Waals surface area contributed by atoms with Gasteiger partial charge in [0.1, 0.15) is 0 Å². The monoisotopic (exact) mass is 582 g/mol. The van der Waals surface area contributed by atoms with Gasteiger partial charge in [-0.15, -0.1) is 11.3 Å². The van der Waals surface area contributed by atoms with Crippen LogP contribution in [0.3, 0.4) is 0 Å². The summed E-state index contributed by atoms with van der Waals surface area (Å²) in [7, 11) is 0. The zero-order valence-corrected chi connectivity index (χ0v) is 26.2. The minimum atomic E-state index is 1.15. The summed E-state index contributed by atoms with van der Waals surface area (Å²) in [6.45, 7) is 10.3. The molecule has 0 atom stereocenters. The summed E-state index contributed by atoms with van der Waals surface area (Å²) < 4.78 is 2.67. The molecule has 44 heavy (non-hydrogen) atoms. The Bertz CT molecular complexity index is 2320. The van der Waals surface area contributed by atoms with Crippen LogP contribution in [0.4, 0.5) is 0 Å². The van der Waals surface area contributed by atoms with E-state index in [9.17, 15) is 0 Å². The molecule has 0 radical (unpaired) electrons. The highest BCUT2D eigenvalue weighted by atomic mass is 32.1. The third-order valence-corrected chi connectivity index (χ3v) is 9.79. The number of hydrogen-bond acceptors (Lipinski definition) is 1. The molecule has 1 heteroatoms. The Kier molecular flexibility index (Phi) is 7.34. The van der Waals surface area contributed by atoms with Gasteiger partial charge in [0.15, 0.2) is 0 Å². The van der Waals surface area contributed by atoms with Crippen molar-refractivity contribution in [1.29, 1.82) is 0 Å². The molecule has 1 aromatic heterocycles. The standard InChI is InChI=1S/C43H34S/c1-5-13-29(8-4)41-40(36-15-9-10-16-37(36)42-38-17-11-12-18-39(38)44-43(41)42)35-24-23-33-26-32(21-22-34(33)27-35)31-20-19-28(7-3)30(25-31)14-6-2/h5-27H,3H2,1-2,4H3/b13-5-,14-6-,29-8+. The molecule has 7 aromatic rings. The number of thiophene rings is 1. The molecular formula is C43H34S. The summed E-state index contributed by atoms with van der Waals surface area (Å²) in [6.07, 6.45) is 12.8. The minimum Gasteiger partial charge on any atom is -0.134 e. The van der Waals surface area contributed by atoms with Crippen molar-refractivity contribution >= 4 is 70.8 Å². The van der Waals surface area contributed by atoms with E-state index in [1.807, 2.05) is 17.4 Å². The molecular weight excluding hydrogens is 549 g/mol. The molecule has 0 saturated heterocycles. The second-order valence-corrected chi connectivity index (χ2v) is 12.2. The van der Waals surface area contributed by atoms with Crippen molar-refractivity contribution in [1.82, 2.24) is 0 Å². The molecule has 0 spiro atoms. The van der Waals surface area contributed by atoms with Gasteiger partial charge in [-0.3, -0.25) is 0 Å². The fraction of sp³-hybridized carbons (Fsp3) is 0.0698. The molecule has 0 saturated carbocycles. The Morgan fingerprint density at radius 3 is 2.02 bits per heavy atom. The normalized spacial score (nSPS) is 12.5. The first-order valence-corrected chi connectivity index (χ1v) is 16.1. The molecule has 0 aliphatic rings. The predicted octanol–water partition coefficient (Wildman–Crippen LogP) is 13.4. The smallest absolute Gasteiger partial charge is 0.0446 e. The lowest BCUT2D eigenvalue weighted by atomic mass is 9.86. The van der Waals surface area contributed by atoms with Crippen molar-refractivity contribution in [3.8, 4) is 22.3 Å². The number of benzene rings is 6. The molecule has 7 rings (SSSR count). The lowest BCUT2D eigenvalue weighted by molar-refractivity contribution is 1.58. The van der Waals surface area contributed by atoms with Crippen molar-refractivity contribution in [2.75, 3.05) is 0 Å². The van der Waals surface area contributed by atoms with Gasteiger partial charge in [0, 0.05) is 25.7 Å². The molecule has 212 valence electrons. The first kappa shape index (κ1) is 27.8. The Balaban J connectivity index is 1.48. The largest absolute Gasteiger partial charge is 0.134 e. The van der Waals surface area contributed by atoms with Crippen molar-refractivity contribution in [3.63, 3.8) is 0 Å². The van der Waals surface area contributed by atoms with E-state index in [4.69, 9.17) is 0 Å². The Hall–Kier alpha value is -4.98. The van der Waals surface area contributed by atoms with E-state index in [0.29, 0.717) is 0 Å². The molecule has 0 aliphatic carbocycles. The summed E-state index contributed by atoms with van der Waals surface area (Å²) >= 11 is 1.91. The lowest BCUT2D eigenvalue weighted by Crippen LogP contribution is -1.93. The van der Waals surface area contributed by atoms with Crippen molar-refractivity contribution in [2.45, 2.75) is 20.8 Å². The van der Waals surface area contributed by atoms with E-state index < -0.39 is 0 Å². The Morgan fingerprint density at radius 1 is 0.636 bits per heavy atom. The molecule has 0 bridgehead atoms. The van der Waals surface area contributed by atoms with Gasteiger partial charge in [-0.2, -0.15) is 0 Å². The van der Waals surface area contributed by atoms with Crippen LogP contribution in [-0.4, -0.2) is 0 Å². The summed E-state index contributed by atoms with van der Waals surface area (Å²) in [5.41, 5.74) is 9.87. The van der Waals surface area contributed by atoms with Gasteiger partial charge in [0.2, 0.25) is 0 Å². The van der Waals surface area contributed by atoms with Crippen LogP contribution in [-0.2, 0) is 0 Å². The fourth-order valence-electron chi connectivity index (χ4n) is 6.58. The summed E-state index contributed by atoms with van der Waals surface area (Å²) in [4.78, 5) is 0. The van der Waals surface area contributed by atoms with Gasteiger partial charge in [0.25, 0.3) is 0 Å². The SMILES string of the molecule is C=Cc1ccc(-c2ccc3cc(-c4c(C(/C=C\C)=C/C)c5sc6ccccc6c5c5ccccc45)ccc3c2)cc1/C=C\C. The minimum absolute atomic E-state index is 1.15. The van der Waals surface area contributed by atoms with E-state index in [1.165, 1.54) is 80.7 Å². The topological polar surface area (TPSA) is 0 Å². The van der Waals surface area contributed by atoms with E-state index >= 15 is 0 Å². The number of rotatable bonds is 6. The van der Waals surface area contributed by atoms with Gasteiger partial charge in [-0.25, -0.2) is 0 Å². The lowest BCUT2D eigenvalue weighted by Gasteiger charge is -2.18. The summed E-state index contributed by atoms with van der Waals surface area (Å²) in [5, 5.41) is 7.76. The van der Waals surface area contributed by atoms with Crippen molar-refractivity contribution < 1.29 is 0 Å². The quantitative estimate of drug-likeness (QED) is 0.171. The average Bonchev–Trinajstić information content (AvgIpc) is 3.46. The molecule has 1 heterocycles.